The van der Waals surface area contributed by atoms with E-state index in [9.17, 15) is 22.4 Å². The lowest BCUT2D eigenvalue weighted by atomic mass is 9.80. The maximum absolute atomic E-state index is 12.6. The summed E-state index contributed by atoms with van der Waals surface area (Å²) >= 11 is 0. The number of rotatable bonds is 3. The van der Waals surface area contributed by atoms with Crippen LogP contribution in [0.4, 0.5) is 17.6 Å². The zero-order valence-electron chi connectivity index (χ0n) is 10.1. The largest absolute Gasteiger partial charge is 0.459 e. The topological polar surface area (TPSA) is 26.3 Å². The molecule has 0 aromatic rings. The van der Waals surface area contributed by atoms with Gasteiger partial charge in [0.05, 0.1) is 12.6 Å². The first-order chi connectivity index (χ1) is 8.24. The molecule has 3 atom stereocenters. The number of carbonyl (C=O) groups excluding carboxylic acids is 1. The Hall–Kier alpha value is -1.07. The SMILES string of the molecule is C=C(C)C(=O)OC1CC(CF)CC(C(F)(F)F)C1. The summed E-state index contributed by atoms with van der Waals surface area (Å²) in [4.78, 5) is 11.3. The van der Waals surface area contributed by atoms with Gasteiger partial charge in [-0.3, -0.25) is 4.39 Å². The fourth-order valence-electron chi connectivity index (χ4n) is 2.12. The van der Waals surface area contributed by atoms with E-state index in [4.69, 9.17) is 4.74 Å². The summed E-state index contributed by atoms with van der Waals surface area (Å²) in [5.74, 6) is -3.02. The highest BCUT2D eigenvalue weighted by molar-refractivity contribution is 5.87. The van der Waals surface area contributed by atoms with E-state index < -0.39 is 36.8 Å². The van der Waals surface area contributed by atoms with E-state index >= 15 is 0 Å². The van der Waals surface area contributed by atoms with Crippen molar-refractivity contribution < 1.29 is 27.1 Å². The number of carbonyl (C=O) groups is 1. The number of halogens is 4. The van der Waals surface area contributed by atoms with Crippen LogP contribution in [0.3, 0.4) is 0 Å². The van der Waals surface area contributed by atoms with Crippen molar-refractivity contribution in [3.05, 3.63) is 12.2 Å². The Bertz CT molecular complexity index is 325. The molecule has 0 saturated heterocycles. The molecular formula is C12H16F4O2. The number of esters is 1. The first-order valence-electron chi connectivity index (χ1n) is 5.73. The minimum atomic E-state index is -4.37. The number of hydrogen-bond donors (Lipinski definition) is 0. The van der Waals surface area contributed by atoms with Crippen molar-refractivity contribution in [1.29, 1.82) is 0 Å². The van der Waals surface area contributed by atoms with Crippen molar-refractivity contribution in [3.8, 4) is 0 Å². The molecule has 0 bridgehead atoms. The van der Waals surface area contributed by atoms with Gasteiger partial charge in [0.15, 0.2) is 0 Å². The lowest BCUT2D eigenvalue weighted by molar-refractivity contribution is -0.199. The molecule has 1 aliphatic rings. The van der Waals surface area contributed by atoms with Crippen LogP contribution in [0.25, 0.3) is 0 Å². The van der Waals surface area contributed by atoms with E-state index in [2.05, 4.69) is 6.58 Å². The highest BCUT2D eigenvalue weighted by Gasteiger charge is 2.45. The Kier molecular flexibility index (Phi) is 4.76. The minimum absolute atomic E-state index is 0.126. The second-order valence-corrected chi connectivity index (χ2v) is 4.77. The molecule has 0 amide bonds. The number of ether oxygens (including phenoxy) is 1. The smallest absolute Gasteiger partial charge is 0.391 e. The van der Waals surface area contributed by atoms with E-state index in [0.717, 1.165) is 0 Å². The van der Waals surface area contributed by atoms with Gasteiger partial charge in [-0.1, -0.05) is 6.58 Å². The lowest BCUT2D eigenvalue weighted by Gasteiger charge is -2.34. The lowest BCUT2D eigenvalue weighted by Crippen LogP contribution is -2.37. The van der Waals surface area contributed by atoms with E-state index in [-0.39, 0.29) is 24.8 Å². The summed E-state index contributed by atoms with van der Waals surface area (Å²) in [7, 11) is 0. The van der Waals surface area contributed by atoms with Crippen molar-refractivity contribution in [2.24, 2.45) is 11.8 Å². The second-order valence-electron chi connectivity index (χ2n) is 4.77. The molecule has 2 nitrogen and oxygen atoms in total. The molecule has 1 rings (SSSR count). The molecule has 0 heterocycles. The van der Waals surface area contributed by atoms with Crippen molar-refractivity contribution in [2.45, 2.75) is 38.5 Å². The standard InChI is InChI=1S/C12H16F4O2/c1-7(2)11(17)18-10-4-8(6-13)3-9(5-10)12(14,15)16/h8-10H,1,3-6H2,2H3. The van der Waals surface area contributed by atoms with Gasteiger partial charge in [-0.05, 0) is 32.1 Å². The summed E-state index contributed by atoms with van der Waals surface area (Å²) < 4.78 is 55.4. The Balaban J connectivity index is 2.68. The molecule has 0 spiro atoms. The third-order valence-corrected chi connectivity index (χ3v) is 3.06. The molecule has 0 aromatic heterocycles. The van der Waals surface area contributed by atoms with Crippen LogP contribution in [-0.2, 0) is 9.53 Å². The predicted octanol–water partition coefficient (Wildman–Crippen LogP) is 3.42. The number of hydrogen-bond acceptors (Lipinski definition) is 2. The van der Waals surface area contributed by atoms with Crippen molar-refractivity contribution in [2.75, 3.05) is 6.67 Å². The van der Waals surface area contributed by atoms with E-state index in [0.29, 0.717) is 0 Å². The molecule has 0 radical (unpaired) electrons. The molecule has 3 unspecified atom stereocenters. The summed E-state index contributed by atoms with van der Waals surface area (Å²) in [6, 6.07) is 0. The van der Waals surface area contributed by atoms with Gasteiger partial charge in [0, 0.05) is 5.57 Å². The zero-order chi connectivity index (χ0) is 13.9. The molecule has 18 heavy (non-hydrogen) atoms. The van der Waals surface area contributed by atoms with Gasteiger partial charge in [-0.2, -0.15) is 13.2 Å². The minimum Gasteiger partial charge on any atom is -0.459 e. The predicted molar refractivity (Wildman–Crippen MR) is 57.6 cm³/mol. The van der Waals surface area contributed by atoms with Crippen molar-refractivity contribution in [3.63, 3.8) is 0 Å². The van der Waals surface area contributed by atoms with Gasteiger partial charge in [0.2, 0.25) is 0 Å². The Morgan fingerprint density at radius 3 is 2.39 bits per heavy atom. The van der Waals surface area contributed by atoms with Gasteiger partial charge < -0.3 is 4.74 Å². The van der Waals surface area contributed by atoms with Gasteiger partial charge in [-0.25, -0.2) is 4.79 Å². The second kappa shape index (κ2) is 5.71. The maximum Gasteiger partial charge on any atom is 0.391 e. The summed E-state index contributed by atoms with van der Waals surface area (Å²) in [5.41, 5.74) is 0.126. The van der Waals surface area contributed by atoms with Crippen LogP contribution in [0.5, 0.6) is 0 Å². The Labute approximate surface area is 103 Å². The van der Waals surface area contributed by atoms with Gasteiger partial charge >= 0.3 is 12.1 Å². The van der Waals surface area contributed by atoms with Crippen LogP contribution in [-0.4, -0.2) is 24.9 Å². The third-order valence-electron chi connectivity index (χ3n) is 3.06. The maximum atomic E-state index is 12.6. The van der Waals surface area contributed by atoms with E-state index in [1.165, 1.54) is 6.92 Å². The Morgan fingerprint density at radius 2 is 1.94 bits per heavy atom. The van der Waals surface area contributed by atoms with Gasteiger partial charge in [0.25, 0.3) is 0 Å². The first kappa shape index (κ1) is 15.0. The summed E-state index contributed by atoms with van der Waals surface area (Å²) in [5, 5.41) is 0. The molecular weight excluding hydrogens is 252 g/mol. The first-order valence-corrected chi connectivity index (χ1v) is 5.73. The molecule has 0 aromatic carbocycles. The van der Waals surface area contributed by atoms with Gasteiger partial charge in [0.1, 0.15) is 6.10 Å². The van der Waals surface area contributed by atoms with Crippen LogP contribution < -0.4 is 0 Å². The quantitative estimate of drug-likeness (QED) is 0.445. The van der Waals surface area contributed by atoms with Crippen molar-refractivity contribution in [1.82, 2.24) is 0 Å². The monoisotopic (exact) mass is 268 g/mol. The molecule has 1 fully saturated rings. The van der Waals surface area contributed by atoms with Crippen LogP contribution in [0.1, 0.15) is 26.2 Å². The zero-order valence-corrected chi connectivity index (χ0v) is 10.1. The summed E-state index contributed by atoms with van der Waals surface area (Å²) in [6.07, 6.45) is -5.64. The average Bonchev–Trinajstić information content (AvgIpc) is 2.27. The highest BCUT2D eigenvalue weighted by atomic mass is 19.4. The van der Waals surface area contributed by atoms with Gasteiger partial charge in [-0.15, -0.1) is 0 Å². The van der Waals surface area contributed by atoms with Crippen LogP contribution in [0.2, 0.25) is 0 Å². The molecule has 1 saturated carbocycles. The van der Waals surface area contributed by atoms with Crippen LogP contribution >= 0.6 is 0 Å². The van der Waals surface area contributed by atoms with Crippen LogP contribution in [0, 0.1) is 11.8 Å². The van der Waals surface area contributed by atoms with E-state index in [1.807, 2.05) is 0 Å². The van der Waals surface area contributed by atoms with Crippen molar-refractivity contribution >= 4 is 5.97 Å². The number of alkyl halides is 4. The molecule has 104 valence electrons. The normalized spacial score (nSPS) is 28.8. The third kappa shape index (κ3) is 3.99. The highest BCUT2D eigenvalue weighted by Crippen LogP contribution is 2.41. The molecule has 1 aliphatic carbocycles. The van der Waals surface area contributed by atoms with E-state index in [1.54, 1.807) is 0 Å². The summed E-state index contributed by atoms with van der Waals surface area (Å²) in [6.45, 7) is 3.95. The van der Waals surface area contributed by atoms with Crippen LogP contribution in [0.15, 0.2) is 12.2 Å². The molecule has 0 aliphatic heterocycles. The fraction of sp³-hybridized carbons (Fsp3) is 0.750. The fourth-order valence-corrected chi connectivity index (χ4v) is 2.12. The Morgan fingerprint density at radius 1 is 1.33 bits per heavy atom. The molecule has 6 heteroatoms. The molecule has 0 N–H and O–H groups in total. The average molecular weight is 268 g/mol.